The fraction of sp³-hybridized carbons (Fsp3) is 0.500. The smallest absolute Gasteiger partial charge is 0.313 e. The Morgan fingerprint density at radius 1 is 1.36 bits per heavy atom. The van der Waals surface area contributed by atoms with Crippen LogP contribution in [0.2, 0.25) is 0 Å². The number of allylic oxidation sites excluding steroid dienone is 2. The molecule has 0 saturated heterocycles. The van der Waals surface area contributed by atoms with Gasteiger partial charge in [-0.3, -0.25) is 9.59 Å². The van der Waals surface area contributed by atoms with Gasteiger partial charge < -0.3 is 14.9 Å². The summed E-state index contributed by atoms with van der Waals surface area (Å²) >= 11 is 0. The second kappa shape index (κ2) is 5.61. The van der Waals surface area contributed by atoms with Crippen molar-refractivity contribution >= 4 is 12.3 Å². The molecule has 3 rings (SSSR count). The van der Waals surface area contributed by atoms with Gasteiger partial charge in [-0.2, -0.15) is 0 Å². The Kier molecular flexibility index (Phi) is 3.93. The van der Waals surface area contributed by atoms with Crippen molar-refractivity contribution in [3.05, 3.63) is 34.9 Å². The lowest BCUT2D eigenvalue weighted by Gasteiger charge is -2.47. The first-order valence-corrected chi connectivity index (χ1v) is 8.52. The van der Waals surface area contributed by atoms with E-state index in [-0.39, 0.29) is 17.6 Å². The van der Waals surface area contributed by atoms with Gasteiger partial charge in [0.05, 0.1) is 5.41 Å². The summed E-state index contributed by atoms with van der Waals surface area (Å²) in [5.74, 6) is -0.287. The highest BCUT2D eigenvalue weighted by Gasteiger charge is 2.46. The number of carboxylic acid groups (broad SMARTS) is 1. The highest BCUT2D eigenvalue weighted by atomic mass is 16.5. The SMILES string of the molecule is CC(C)(C(=O)O)c1cc(O)c2c(c1)OC(C)(C)C1CC=C(C=O)C[C@@H]21. The van der Waals surface area contributed by atoms with Gasteiger partial charge in [0.1, 0.15) is 23.4 Å². The Hall–Kier alpha value is -2.30. The van der Waals surface area contributed by atoms with Gasteiger partial charge in [0, 0.05) is 17.4 Å². The summed E-state index contributed by atoms with van der Waals surface area (Å²) in [5, 5.41) is 20.1. The van der Waals surface area contributed by atoms with E-state index in [0.29, 0.717) is 29.7 Å². The molecule has 5 nitrogen and oxygen atoms in total. The monoisotopic (exact) mass is 344 g/mol. The van der Waals surface area contributed by atoms with Crippen molar-refractivity contribution < 1.29 is 24.5 Å². The first-order valence-electron chi connectivity index (χ1n) is 8.52. The van der Waals surface area contributed by atoms with Crippen LogP contribution in [0.25, 0.3) is 0 Å². The second-order valence-electron chi connectivity index (χ2n) is 8.09. The van der Waals surface area contributed by atoms with Gasteiger partial charge in [-0.25, -0.2) is 0 Å². The molecule has 1 aliphatic heterocycles. The number of carbonyl (C=O) groups excluding carboxylic acids is 1. The van der Waals surface area contributed by atoms with Crippen LogP contribution in [-0.2, 0) is 15.0 Å². The van der Waals surface area contributed by atoms with Gasteiger partial charge in [0.25, 0.3) is 0 Å². The first kappa shape index (κ1) is 17.5. The summed E-state index contributed by atoms with van der Waals surface area (Å²) in [7, 11) is 0. The zero-order valence-corrected chi connectivity index (χ0v) is 15.0. The number of aliphatic carboxylic acids is 1. The zero-order valence-electron chi connectivity index (χ0n) is 15.0. The number of ether oxygens (including phenoxy) is 1. The fourth-order valence-corrected chi connectivity index (χ4v) is 4.00. The molecule has 2 atom stereocenters. The average Bonchev–Trinajstić information content (AvgIpc) is 2.52. The van der Waals surface area contributed by atoms with Crippen molar-refractivity contribution in [2.24, 2.45) is 5.92 Å². The van der Waals surface area contributed by atoms with Crippen LogP contribution in [0.1, 0.15) is 57.6 Å². The minimum Gasteiger partial charge on any atom is -0.508 e. The molecule has 0 amide bonds. The van der Waals surface area contributed by atoms with Crippen molar-refractivity contribution in [3.63, 3.8) is 0 Å². The van der Waals surface area contributed by atoms with E-state index in [1.165, 1.54) is 6.07 Å². The summed E-state index contributed by atoms with van der Waals surface area (Å²) in [6, 6.07) is 3.24. The van der Waals surface area contributed by atoms with Crippen LogP contribution in [0.5, 0.6) is 11.5 Å². The molecule has 0 spiro atoms. The second-order valence-corrected chi connectivity index (χ2v) is 8.09. The molecule has 1 aromatic carbocycles. The quantitative estimate of drug-likeness (QED) is 0.819. The normalized spacial score (nSPS) is 24.4. The van der Waals surface area contributed by atoms with E-state index in [2.05, 4.69) is 0 Å². The maximum Gasteiger partial charge on any atom is 0.313 e. The van der Waals surface area contributed by atoms with E-state index < -0.39 is 17.0 Å². The molecule has 2 N–H and O–H groups in total. The number of carbonyl (C=O) groups is 2. The van der Waals surface area contributed by atoms with Crippen molar-refractivity contribution in [2.45, 2.75) is 57.5 Å². The Labute approximate surface area is 147 Å². The van der Waals surface area contributed by atoms with Crippen molar-refractivity contribution in [3.8, 4) is 11.5 Å². The summed E-state index contributed by atoms with van der Waals surface area (Å²) in [5.41, 5.74) is 0.298. The lowest BCUT2D eigenvalue weighted by molar-refractivity contribution is -0.142. The minimum absolute atomic E-state index is 0.0223. The van der Waals surface area contributed by atoms with E-state index >= 15 is 0 Å². The molecular formula is C20H24O5. The molecule has 1 aliphatic carbocycles. The number of hydrogen-bond donors (Lipinski definition) is 2. The van der Waals surface area contributed by atoms with E-state index in [4.69, 9.17) is 4.74 Å². The van der Waals surface area contributed by atoms with Crippen LogP contribution >= 0.6 is 0 Å². The molecule has 134 valence electrons. The predicted molar refractivity (Wildman–Crippen MR) is 93.1 cm³/mol. The van der Waals surface area contributed by atoms with Gasteiger partial charge in [-0.05, 0) is 63.8 Å². The largest absolute Gasteiger partial charge is 0.508 e. The number of rotatable bonds is 3. The maximum absolute atomic E-state index is 11.6. The minimum atomic E-state index is -1.14. The summed E-state index contributed by atoms with van der Waals surface area (Å²) in [6.45, 7) is 7.20. The maximum atomic E-state index is 11.6. The lowest BCUT2D eigenvalue weighted by atomic mass is 9.66. The highest BCUT2D eigenvalue weighted by Crippen LogP contribution is 2.54. The molecule has 0 radical (unpaired) electrons. The van der Waals surface area contributed by atoms with Crippen LogP contribution in [-0.4, -0.2) is 28.1 Å². The molecule has 1 aromatic rings. The van der Waals surface area contributed by atoms with Gasteiger partial charge in [0.15, 0.2) is 0 Å². The van der Waals surface area contributed by atoms with Crippen LogP contribution < -0.4 is 4.74 Å². The number of hydrogen-bond acceptors (Lipinski definition) is 4. The lowest BCUT2D eigenvalue weighted by Crippen LogP contribution is -2.45. The summed E-state index contributed by atoms with van der Waals surface area (Å²) in [4.78, 5) is 22.8. The summed E-state index contributed by atoms with van der Waals surface area (Å²) in [6.07, 6.45) is 4.09. The Balaban J connectivity index is 2.15. The molecule has 0 fully saturated rings. The topological polar surface area (TPSA) is 83.8 Å². The molecule has 1 unspecified atom stereocenters. The third-order valence-electron chi connectivity index (χ3n) is 5.74. The highest BCUT2D eigenvalue weighted by molar-refractivity contribution is 5.81. The third-order valence-corrected chi connectivity index (χ3v) is 5.74. The number of phenols is 1. The van der Waals surface area contributed by atoms with E-state index in [9.17, 15) is 19.8 Å². The molecule has 0 bridgehead atoms. The van der Waals surface area contributed by atoms with Crippen LogP contribution in [0, 0.1) is 5.92 Å². The Morgan fingerprint density at radius 2 is 2.04 bits per heavy atom. The Morgan fingerprint density at radius 3 is 2.64 bits per heavy atom. The summed E-state index contributed by atoms with van der Waals surface area (Å²) < 4.78 is 6.18. The van der Waals surface area contributed by atoms with Gasteiger partial charge in [0.2, 0.25) is 0 Å². The fourth-order valence-electron chi connectivity index (χ4n) is 4.00. The third kappa shape index (κ3) is 2.71. The zero-order chi connectivity index (χ0) is 18.6. The van der Waals surface area contributed by atoms with Crippen molar-refractivity contribution in [1.82, 2.24) is 0 Å². The number of aromatic hydroxyl groups is 1. The number of fused-ring (bicyclic) bond motifs is 3. The average molecular weight is 344 g/mol. The molecule has 25 heavy (non-hydrogen) atoms. The van der Waals surface area contributed by atoms with Crippen LogP contribution in [0.15, 0.2) is 23.8 Å². The van der Waals surface area contributed by atoms with Crippen molar-refractivity contribution in [2.75, 3.05) is 0 Å². The van der Waals surface area contributed by atoms with Gasteiger partial charge >= 0.3 is 5.97 Å². The predicted octanol–water partition coefficient (Wildman–Crippen LogP) is 3.54. The van der Waals surface area contributed by atoms with Gasteiger partial charge in [-0.1, -0.05) is 6.08 Å². The molecular weight excluding hydrogens is 320 g/mol. The molecule has 0 aromatic heterocycles. The van der Waals surface area contributed by atoms with Crippen LogP contribution in [0.4, 0.5) is 0 Å². The standard InChI is InChI=1S/C20H24O5/c1-19(2,18(23)24)12-8-15(22)17-13-7-11(10-21)5-6-14(13)20(3,4)25-16(17)9-12/h5,8-10,13-14,22H,6-7H2,1-4H3,(H,23,24)/t13-,14?/m1/s1. The number of phenolic OH excluding ortho intramolecular Hbond substituents is 1. The molecule has 5 heteroatoms. The molecule has 0 saturated carbocycles. The number of benzene rings is 1. The number of aldehydes is 1. The van der Waals surface area contributed by atoms with Crippen LogP contribution in [0.3, 0.4) is 0 Å². The van der Waals surface area contributed by atoms with E-state index in [1.54, 1.807) is 19.9 Å². The van der Waals surface area contributed by atoms with Crippen molar-refractivity contribution in [1.29, 1.82) is 0 Å². The molecule has 1 heterocycles. The molecule has 2 aliphatic rings. The van der Waals surface area contributed by atoms with Gasteiger partial charge in [-0.15, -0.1) is 0 Å². The first-order chi connectivity index (χ1) is 11.6. The van der Waals surface area contributed by atoms with E-state index in [0.717, 1.165) is 11.9 Å². The Bertz CT molecular complexity index is 773. The number of carboxylic acids is 1. The van der Waals surface area contributed by atoms with E-state index in [1.807, 2.05) is 19.9 Å².